The Bertz CT molecular complexity index is 590. The standard InChI is InChI=1S/C13H18ClNO4S/c1-2-3-7-19-13(16)12-8-11(20(14,17)18)9-15(12)10-5-4-6-10/h8-10H,2-7H2,1H3. The summed E-state index contributed by atoms with van der Waals surface area (Å²) in [6, 6.07) is 1.46. The second-order valence-corrected chi connectivity index (χ2v) is 7.55. The molecule has 0 bridgehead atoms. The van der Waals surface area contributed by atoms with Crippen LogP contribution in [0.15, 0.2) is 17.2 Å². The summed E-state index contributed by atoms with van der Waals surface area (Å²) < 4.78 is 29.7. The van der Waals surface area contributed by atoms with Crippen molar-refractivity contribution in [1.29, 1.82) is 0 Å². The molecule has 0 radical (unpaired) electrons. The van der Waals surface area contributed by atoms with E-state index in [0.29, 0.717) is 6.61 Å². The Morgan fingerprint density at radius 2 is 2.20 bits per heavy atom. The number of carbonyl (C=O) groups is 1. The van der Waals surface area contributed by atoms with Crippen molar-refractivity contribution in [3.05, 3.63) is 18.0 Å². The Kier molecular flexibility index (Phi) is 4.75. The predicted octanol–water partition coefficient (Wildman–Crippen LogP) is 3.10. The van der Waals surface area contributed by atoms with E-state index in [0.717, 1.165) is 32.1 Å². The second-order valence-electron chi connectivity index (χ2n) is 4.98. The molecule has 2 rings (SSSR count). The molecule has 1 heterocycles. The lowest BCUT2D eigenvalue weighted by Crippen LogP contribution is -2.21. The Hall–Kier alpha value is -1.01. The van der Waals surface area contributed by atoms with Crippen LogP contribution in [0.1, 0.15) is 55.6 Å². The molecule has 20 heavy (non-hydrogen) atoms. The lowest BCUT2D eigenvalue weighted by molar-refractivity contribution is 0.0481. The summed E-state index contributed by atoms with van der Waals surface area (Å²) in [4.78, 5) is 12.0. The molecule has 0 amide bonds. The topological polar surface area (TPSA) is 65.4 Å². The zero-order valence-electron chi connectivity index (χ0n) is 11.3. The first-order chi connectivity index (χ1) is 9.43. The second kappa shape index (κ2) is 6.18. The fraction of sp³-hybridized carbons (Fsp3) is 0.615. The molecule has 0 unspecified atom stereocenters. The molecule has 0 aromatic carbocycles. The van der Waals surface area contributed by atoms with Crippen molar-refractivity contribution in [2.75, 3.05) is 6.61 Å². The van der Waals surface area contributed by atoms with Gasteiger partial charge in [0.15, 0.2) is 0 Å². The average Bonchev–Trinajstić information content (AvgIpc) is 2.71. The van der Waals surface area contributed by atoms with Crippen LogP contribution < -0.4 is 0 Å². The molecule has 0 atom stereocenters. The van der Waals surface area contributed by atoms with Gasteiger partial charge in [-0.1, -0.05) is 13.3 Å². The lowest BCUT2D eigenvalue weighted by atomic mass is 9.93. The van der Waals surface area contributed by atoms with E-state index in [1.54, 1.807) is 4.57 Å². The first-order valence-corrected chi connectivity index (χ1v) is 9.08. The van der Waals surface area contributed by atoms with Gasteiger partial charge in [-0.25, -0.2) is 13.2 Å². The highest BCUT2D eigenvalue weighted by atomic mass is 35.7. The van der Waals surface area contributed by atoms with Crippen molar-refractivity contribution < 1.29 is 17.9 Å². The zero-order valence-corrected chi connectivity index (χ0v) is 12.9. The van der Waals surface area contributed by atoms with Crippen molar-refractivity contribution >= 4 is 25.7 Å². The van der Waals surface area contributed by atoms with Crippen LogP contribution in [-0.2, 0) is 13.8 Å². The number of hydrogen-bond acceptors (Lipinski definition) is 4. The number of aromatic nitrogens is 1. The van der Waals surface area contributed by atoms with Gasteiger partial charge in [0.05, 0.1) is 6.61 Å². The fourth-order valence-electron chi connectivity index (χ4n) is 2.10. The minimum Gasteiger partial charge on any atom is -0.461 e. The van der Waals surface area contributed by atoms with Crippen LogP contribution >= 0.6 is 10.7 Å². The van der Waals surface area contributed by atoms with Gasteiger partial charge >= 0.3 is 5.97 Å². The van der Waals surface area contributed by atoms with Gasteiger partial charge in [-0.3, -0.25) is 0 Å². The zero-order chi connectivity index (χ0) is 14.8. The maximum absolute atomic E-state index is 12.0. The van der Waals surface area contributed by atoms with Crippen LogP contribution in [0.25, 0.3) is 0 Å². The first-order valence-electron chi connectivity index (χ1n) is 6.77. The molecule has 112 valence electrons. The van der Waals surface area contributed by atoms with Crippen LogP contribution in [-0.4, -0.2) is 25.6 Å². The maximum atomic E-state index is 12.0. The van der Waals surface area contributed by atoms with E-state index < -0.39 is 15.0 Å². The summed E-state index contributed by atoms with van der Waals surface area (Å²) in [5.41, 5.74) is 0.269. The third kappa shape index (κ3) is 3.35. The highest BCUT2D eigenvalue weighted by Gasteiger charge is 2.27. The van der Waals surface area contributed by atoms with Gasteiger partial charge in [0.2, 0.25) is 0 Å². The number of unbranched alkanes of at least 4 members (excludes halogenated alkanes) is 1. The number of nitrogens with zero attached hydrogens (tertiary/aromatic N) is 1. The molecule has 1 aromatic heterocycles. The summed E-state index contributed by atoms with van der Waals surface area (Å²) >= 11 is 0. The number of ether oxygens (including phenoxy) is 1. The summed E-state index contributed by atoms with van der Waals surface area (Å²) in [6.45, 7) is 2.34. The van der Waals surface area contributed by atoms with E-state index in [1.807, 2.05) is 6.92 Å². The van der Waals surface area contributed by atoms with Crippen molar-refractivity contribution in [2.45, 2.75) is 50.0 Å². The number of halogens is 1. The SMILES string of the molecule is CCCCOC(=O)c1cc(S(=O)(=O)Cl)cn1C1CCC1. The fourth-order valence-corrected chi connectivity index (χ4v) is 2.85. The molecule has 1 aliphatic rings. The van der Waals surface area contributed by atoms with Crippen LogP contribution in [0.2, 0.25) is 0 Å². The summed E-state index contributed by atoms with van der Waals surface area (Å²) in [5.74, 6) is -0.489. The van der Waals surface area contributed by atoms with Crippen LogP contribution in [0.4, 0.5) is 0 Å². The van der Waals surface area contributed by atoms with Gasteiger partial charge in [0, 0.05) is 22.9 Å². The van der Waals surface area contributed by atoms with Crippen LogP contribution in [0, 0.1) is 0 Å². The molecule has 0 spiro atoms. The molecule has 1 aliphatic carbocycles. The lowest BCUT2D eigenvalue weighted by Gasteiger charge is -2.28. The van der Waals surface area contributed by atoms with Gasteiger partial charge in [0.1, 0.15) is 10.6 Å². The van der Waals surface area contributed by atoms with Gasteiger partial charge in [-0.2, -0.15) is 0 Å². The largest absolute Gasteiger partial charge is 0.461 e. The van der Waals surface area contributed by atoms with Gasteiger partial charge < -0.3 is 9.30 Å². The predicted molar refractivity (Wildman–Crippen MR) is 75.5 cm³/mol. The highest BCUT2D eigenvalue weighted by Crippen LogP contribution is 2.34. The third-order valence-electron chi connectivity index (χ3n) is 3.51. The Morgan fingerprint density at radius 1 is 1.50 bits per heavy atom. The van der Waals surface area contributed by atoms with Crippen LogP contribution in [0.3, 0.4) is 0 Å². The normalized spacial score (nSPS) is 15.9. The highest BCUT2D eigenvalue weighted by molar-refractivity contribution is 8.13. The van der Waals surface area contributed by atoms with E-state index in [9.17, 15) is 13.2 Å². The van der Waals surface area contributed by atoms with Crippen molar-refractivity contribution in [2.24, 2.45) is 0 Å². The number of rotatable bonds is 6. The van der Waals surface area contributed by atoms with Gasteiger partial charge in [0.25, 0.3) is 9.05 Å². The molecule has 0 aliphatic heterocycles. The average molecular weight is 320 g/mol. The van der Waals surface area contributed by atoms with E-state index in [4.69, 9.17) is 15.4 Å². The molecule has 5 nitrogen and oxygen atoms in total. The smallest absolute Gasteiger partial charge is 0.354 e. The van der Waals surface area contributed by atoms with E-state index >= 15 is 0 Å². The van der Waals surface area contributed by atoms with Gasteiger partial charge in [-0.05, 0) is 31.7 Å². The molecule has 0 N–H and O–H groups in total. The number of esters is 1. The van der Waals surface area contributed by atoms with E-state index in [2.05, 4.69) is 0 Å². The number of carbonyl (C=O) groups excluding carboxylic acids is 1. The third-order valence-corrected chi connectivity index (χ3v) is 4.83. The molecule has 1 fully saturated rings. The summed E-state index contributed by atoms with van der Waals surface area (Å²) in [7, 11) is 1.51. The van der Waals surface area contributed by atoms with Crippen molar-refractivity contribution in [3.63, 3.8) is 0 Å². The minimum atomic E-state index is -3.84. The first kappa shape index (κ1) is 15.4. The van der Waals surface area contributed by atoms with E-state index in [-0.39, 0.29) is 16.6 Å². The Labute approximate surface area is 123 Å². The molecule has 7 heteroatoms. The molecular formula is C13H18ClNO4S. The van der Waals surface area contributed by atoms with Gasteiger partial charge in [-0.15, -0.1) is 0 Å². The molecule has 0 saturated heterocycles. The molecular weight excluding hydrogens is 302 g/mol. The van der Waals surface area contributed by atoms with Crippen molar-refractivity contribution in [1.82, 2.24) is 4.57 Å². The Morgan fingerprint density at radius 3 is 2.70 bits per heavy atom. The monoisotopic (exact) mass is 319 g/mol. The summed E-state index contributed by atoms with van der Waals surface area (Å²) in [5, 5.41) is 0. The maximum Gasteiger partial charge on any atom is 0.354 e. The minimum absolute atomic E-state index is 0.0477. The van der Waals surface area contributed by atoms with Crippen molar-refractivity contribution in [3.8, 4) is 0 Å². The molecule has 1 saturated carbocycles. The van der Waals surface area contributed by atoms with Crippen LogP contribution in [0.5, 0.6) is 0 Å². The Balaban J connectivity index is 2.25. The van der Waals surface area contributed by atoms with E-state index in [1.165, 1.54) is 12.3 Å². The molecule has 1 aromatic rings. The number of hydrogen-bond donors (Lipinski definition) is 0. The quantitative estimate of drug-likeness (QED) is 0.459. The summed E-state index contributed by atoms with van der Waals surface area (Å²) in [6.07, 6.45) is 6.10.